The molecule has 0 aliphatic heterocycles. The Morgan fingerprint density at radius 3 is 3.30 bits per heavy atom. The van der Waals surface area contributed by atoms with Gasteiger partial charge in [0.1, 0.15) is 11.7 Å². The number of nitrogens with zero attached hydrogens (tertiary/aromatic N) is 5. The molecule has 0 saturated heterocycles. The van der Waals surface area contributed by atoms with E-state index in [1.807, 2.05) is 0 Å². The summed E-state index contributed by atoms with van der Waals surface area (Å²) in [5.74, 6) is 0. The van der Waals surface area contributed by atoms with Gasteiger partial charge in [-0.3, -0.25) is 0 Å². The Balaban J connectivity index is 2.89. The number of fused-ring (bicyclic) bond motifs is 1. The van der Waals surface area contributed by atoms with E-state index in [1.165, 1.54) is 12.4 Å². The fraction of sp³-hybridized carbons (Fsp3) is 0. The fourth-order valence-electron chi connectivity index (χ4n) is 0.617. The van der Waals surface area contributed by atoms with Crippen LogP contribution in [0.1, 0.15) is 0 Å². The summed E-state index contributed by atoms with van der Waals surface area (Å²) in [5.41, 5.74) is 1.10. The minimum absolute atomic E-state index is 0.494. The van der Waals surface area contributed by atoms with E-state index in [9.17, 15) is 0 Å². The van der Waals surface area contributed by atoms with Crippen LogP contribution in [0.2, 0.25) is 0 Å². The van der Waals surface area contributed by atoms with Crippen LogP contribution in [-0.4, -0.2) is 25.4 Å². The van der Waals surface area contributed by atoms with Crippen molar-refractivity contribution in [3.05, 3.63) is 18.6 Å². The summed E-state index contributed by atoms with van der Waals surface area (Å²) in [4.78, 5) is 7.68. The van der Waals surface area contributed by atoms with Gasteiger partial charge in [-0.15, -0.1) is 10.2 Å². The van der Waals surface area contributed by atoms with Crippen molar-refractivity contribution < 1.29 is 0 Å². The summed E-state index contributed by atoms with van der Waals surface area (Å²) >= 11 is 0. The molecular formula is C5H2N5. The van der Waals surface area contributed by atoms with E-state index in [0.29, 0.717) is 11.2 Å². The quantitative estimate of drug-likeness (QED) is 0.488. The highest BCUT2D eigenvalue weighted by Crippen LogP contribution is 1.96. The number of hydrogen-bond donors (Lipinski definition) is 0. The van der Waals surface area contributed by atoms with Crippen LogP contribution in [0.15, 0.2) is 12.4 Å². The molecule has 0 aliphatic rings. The van der Waals surface area contributed by atoms with Gasteiger partial charge >= 0.3 is 0 Å². The predicted molar refractivity (Wildman–Crippen MR) is 31.8 cm³/mol. The van der Waals surface area contributed by atoms with Crippen molar-refractivity contribution in [2.24, 2.45) is 0 Å². The molecular weight excluding hydrogens is 130 g/mol. The molecule has 0 fully saturated rings. The predicted octanol–water partition coefficient (Wildman–Crippen LogP) is -0.385. The van der Waals surface area contributed by atoms with Crippen LogP contribution in [0, 0.1) is 6.20 Å². The molecule has 2 rings (SSSR count). The van der Waals surface area contributed by atoms with Crippen molar-refractivity contribution in [3.8, 4) is 0 Å². The van der Waals surface area contributed by atoms with Gasteiger partial charge in [0.05, 0.1) is 12.4 Å². The first-order valence-electron chi connectivity index (χ1n) is 2.64. The topological polar surface area (TPSA) is 64.5 Å². The highest BCUT2D eigenvalue weighted by atomic mass is 15.3. The molecule has 0 N–H and O–H groups in total. The molecule has 10 heavy (non-hydrogen) atoms. The summed E-state index contributed by atoms with van der Waals surface area (Å²) in [6, 6.07) is 0. The summed E-state index contributed by atoms with van der Waals surface area (Å²) < 4.78 is 0. The second kappa shape index (κ2) is 1.94. The molecule has 1 radical (unpaired) electrons. The molecule has 2 aromatic heterocycles. The maximum absolute atomic E-state index is 3.85. The molecule has 0 saturated carbocycles. The molecule has 0 aromatic carbocycles. The highest BCUT2D eigenvalue weighted by Gasteiger charge is 1.92. The van der Waals surface area contributed by atoms with Crippen LogP contribution >= 0.6 is 0 Å². The van der Waals surface area contributed by atoms with E-state index in [1.54, 1.807) is 0 Å². The van der Waals surface area contributed by atoms with Gasteiger partial charge in [-0.05, 0) is 5.21 Å². The molecule has 5 heteroatoms. The summed E-state index contributed by atoms with van der Waals surface area (Å²) in [6.45, 7) is 0. The molecule has 0 spiro atoms. The van der Waals surface area contributed by atoms with E-state index in [0.717, 1.165) is 0 Å². The summed E-state index contributed by atoms with van der Waals surface area (Å²) in [7, 11) is 0. The van der Waals surface area contributed by atoms with Crippen molar-refractivity contribution >= 4 is 11.2 Å². The van der Waals surface area contributed by atoms with Crippen molar-refractivity contribution in [3.63, 3.8) is 0 Å². The molecule has 0 amide bonds. The standard InChI is InChI=1S/C5H2N5/c1-2-7-5-4(6-1)3-8-10-9-5/h2-3H. The Morgan fingerprint density at radius 2 is 2.40 bits per heavy atom. The van der Waals surface area contributed by atoms with Crippen LogP contribution in [-0.2, 0) is 0 Å². The molecule has 0 atom stereocenters. The Morgan fingerprint density at radius 1 is 1.40 bits per heavy atom. The first-order valence-corrected chi connectivity index (χ1v) is 2.64. The molecule has 5 nitrogen and oxygen atoms in total. The Hall–Kier alpha value is -1.65. The van der Waals surface area contributed by atoms with Gasteiger partial charge in [-0.1, -0.05) is 0 Å². The van der Waals surface area contributed by atoms with E-state index in [-0.39, 0.29) is 0 Å². The number of hydrogen-bond acceptors (Lipinski definition) is 5. The molecule has 2 heterocycles. The Bertz CT molecular complexity index is 281. The Labute approximate surface area is 56.1 Å². The Kier molecular flexibility index (Phi) is 1.00. The van der Waals surface area contributed by atoms with Crippen LogP contribution in [0.25, 0.3) is 11.2 Å². The van der Waals surface area contributed by atoms with Crippen molar-refractivity contribution in [1.82, 2.24) is 25.4 Å². The third-order valence-electron chi connectivity index (χ3n) is 1.03. The largest absolute Gasteiger partial charge is 0.239 e. The van der Waals surface area contributed by atoms with Gasteiger partial charge in [0.15, 0.2) is 0 Å². The molecule has 47 valence electrons. The van der Waals surface area contributed by atoms with Gasteiger partial charge in [0, 0.05) is 0 Å². The minimum atomic E-state index is 0.494. The second-order valence-corrected chi connectivity index (χ2v) is 1.64. The fourth-order valence-corrected chi connectivity index (χ4v) is 0.617. The lowest BCUT2D eigenvalue weighted by atomic mass is 10.5. The zero-order valence-corrected chi connectivity index (χ0v) is 4.89. The van der Waals surface area contributed by atoms with Crippen LogP contribution in [0.3, 0.4) is 0 Å². The first kappa shape index (κ1) is 5.16. The van der Waals surface area contributed by atoms with E-state index in [4.69, 9.17) is 0 Å². The summed E-state index contributed by atoms with van der Waals surface area (Å²) in [5, 5.41) is 10.6. The number of rotatable bonds is 0. The molecule has 0 aliphatic carbocycles. The zero-order chi connectivity index (χ0) is 6.81. The van der Waals surface area contributed by atoms with Gasteiger partial charge in [-0.2, -0.15) is 0 Å². The van der Waals surface area contributed by atoms with Crippen molar-refractivity contribution in [2.45, 2.75) is 0 Å². The van der Waals surface area contributed by atoms with Crippen molar-refractivity contribution in [2.75, 3.05) is 0 Å². The average molecular weight is 132 g/mol. The summed E-state index contributed by atoms with van der Waals surface area (Å²) in [6.07, 6.45) is 5.50. The van der Waals surface area contributed by atoms with E-state index in [2.05, 4.69) is 31.6 Å². The van der Waals surface area contributed by atoms with Crippen LogP contribution < -0.4 is 0 Å². The molecule has 0 unspecified atom stereocenters. The van der Waals surface area contributed by atoms with E-state index < -0.39 is 0 Å². The maximum Gasteiger partial charge on any atom is 0.203 e. The second-order valence-electron chi connectivity index (χ2n) is 1.64. The third-order valence-corrected chi connectivity index (χ3v) is 1.03. The molecule has 0 bridgehead atoms. The lowest BCUT2D eigenvalue weighted by Gasteiger charge is -1.87. The minimum Gasteiger partial charge on any atom is -0.239 e. The van der Waals surface area contributed by atoms with Gasteiger partial charge in [0.25, 0.3) is 0 Å². The SMILES string of the molecule is [c]1cnc2nnncc2n1. The average Bonchev–Trinajstić information content (AvgIpc) is 2.05. The maximum atomic E-state index is 3.85. The highest BCUT2D eigenvalue weighted by molar-refractivity contribution is 5.65. The van der Waals surface area contributed by atoms with Crippen LogP contribution in [0.4, 0.5) is 0 Å². The van der Waals surface area contributed by atoms with Gasteiger partial charge in [0.2, 0.25) is 5.65 Å². The smallest absolute Gasteiger partial charge is 0.203 e. The lowest BCUT2D eigenvalue weighted by Crippen LogP contribution is -1.90. The third kappa shape index (κ3) is 0.680. The normalized spacial score (nSPS) is 10.0. The van der Waals surface area contributed by atoms with Crippen molar-refractivity contribution in [1.29, 1.82) is 0 Å². The zero-order valence-electron chi connectivity index (χ0n) is 4.89. The first-order chi connectivity index (χ1) is 4.97. The van der Waals surface area contributed by atoms with Gasteiger partial charge < -0.3 is 0 Å². The molecule has 2 aromatic rings. The van der Waals surface area contributed by atoms with E-state index >= 15 is 0 Å². The van der Waals surface area contributed by atoms with Gasteiger partial charge in [-0.25, -0.2) is 9.97 Å². The monoisotopic (exact) mass is 132 g/mol. The number of aromatic nitrogens is 5. The van der Waals surface area contributed by atoms with Crippen LogP contribution in [0.5, 0.6) is 0 Å². The lowest BCUT2D eigenvalue weighted by molar-refractivity contribution is 0.879.